The van der Waals surface area contributed by atoms with Crippen LogP contribution in [0.2, 0.25) is 5.02 Å². The van der Waals surface area contributed by atoms with Crippen LogP contribution in [0, 0.1) is 5.92 Å². The minimum absolute atomic E-state index is 0.00207. The molecule has 32 heavy (non-hydrogen) atoms. The lowest BCUT2D eigenvalue weighted by molar-refractivity contribution is -0.122. The normalized spacial score (nSPS) is 12.8. The molecule has 1 heterocycles. The number of halogens is 1. The topological polar surface area (TPSA) is 46.9 Å². The first-order valence-electron chi connectivity index (χ1n) is 11.3. The van der Waals surface area contributed by atoms with E-state index in [1.807, 2.05) is 35.9 Å². The van der Waals surface area contributed by atoms with Crippen molar-refractivity contribution in [1.29, 1.82) is 0 Å². The number of nitrogens with zero attached hydrogens (tertiary/aromatic N) is 2. The summed E-state index contributed by atoms with van der Waals surface area (Å²) in [6.45, 7) is 13.2. The van der Waals surface area contributed by atoms with E-state index < -0.39 is 0 Å². The highest BCUT2D eigenvalue weighted by molar-refractivity contribution is 6.30. The molecule has 0 saturated carbocycles. The van der Waals surface area contributed by atoms with Gasteiger partial charge in [-0.15, -0.1) is 0 Å². The zero-order valence-electron chi connectivity index (χ0n) is 19.9. The molecule has 1 amide bonds. The Labute approximate surface area is 197 Å². The van der Waals surface area contributed by atoms with Gasteiger partial charge in [0.15, 0.2) is 0 Å². The van der Waals surface area contributed by atoms with Gasteiger partial charge in [0.05, 0.1) is 29.5 Å². The van der Waals surface area contributed by atoms with Crippen molar-refractivity contribution in [3.8, 4) is 5.69 Å². The third-order valence-corrected chi connectivity index (χ3v) is 5.80. The molecule has 0 aliphatic carbocycles. The van der Waals surface area contributed by atoms with E-state index in [0.717, 1.165) is 29.1 Å². The van der Waals surface area contributed by atoms with Crippen LogP contribution in [0.5, 0.6) is 0 Å². The number of rotatable bonds is 7. The summed E-state index contributed by atoms with van der Waals surface area (Å²) < 4.78 is 1.87. The third kappa shape index (κ3) is 6.01. The molecule has 5 heteroatoms. The summed E-state index contributed by atoms with van der Waals surface area (Å²) in [5.74, 6) is 0.384. The summed E-state index contributed by atoms with van der Waals surface area (Å²) in [6.07, 6.45) is 1.05. The average Bonchev–Trinajstić information content (AvgIpc) is 3.16. The van der Waals surface area contributed by atoms with Gasteiger partial charge in [-0.25, -0.2) is 4.68 Å². The van der Waals surface area contributed by atoms with Crippen molar-refractivity contribution in [1.82, 2.24) is 15.1 Å². The maximum absolute atomic E-state index is 12.9. The minimum atomic E-state index is -0.229. The van der Waals surface area contributed by atoms with Gasteiger partial charge in [-0.1, -0.05) is 76.6 Å². The molecule has 1 N–H and O–H groups in total. The highest BCUT2D eigenvalue weighted by atomic mass is 35.5. The largest absolute Gasteiger partial charge is 0.350 e. The Morgan fingerprint density at radius 2 is 1.75 bits per heavy atom. The molecule has 0 fully saturated rings. The van der Waals surface area contributed by atoms with Crippen molar-refractivity contribution in [3.63, 3.8) is 0 Å². The molecular weight excluding hydrogens is 418 g/mol. The first-order valence-corrected chi connectivity index (χ1v) is 11.6. The third-order valence-electron chi connectivity index (χ3n) is 5.57. The summed E-state index contributed by atoms with van der Waals surface area (Å²) >= 11 is 6.21. The maximum atomic E-state index is 12.9. The number of carbonyl (C=O) groups is 1. The number of benzene rings is 2. The predicted octanol–water partition coefficient (Wildman–Crippen LogP) is 6.44. The first-order chi connectivity index (χ1) is 15.0. The second-order valence-electron chi connectivity index (χ2n) is 9.94. The predicted molar refractivity (Wildman–Crippen MR) is 133 cm³/mol. The lowest BCUT2D eigenvalue weighted by atomic mass is 9.92. The molecule has 0 bridgehead atoms. The number of nitrogens with one attached hydrogen (secondary N) is 1. The van der Waals surface area contributed by atoms with Gasteiger partial charge >= 0.3 is 0 Å². The fraction of sp³-hybridized carbons (Fsp3) is 0.407. The molecule has 1 atom stereocenters. The summed E-state index contributed by atoms with van der Waals surface area (Å²) in [6, 6.07) is 18.0. The Morgan fingerprint density at radius 1 is 1.06 bits per heavy atom. The van der Waals surface area contributed by atoms with Crippen LogP contribution in [0.15, 0.2) is 54.6 Å². The van der Waals surface area contributed by atoms with E-state index in [0.29, 0.717) is 17.5 Å². The monoisotopic (exact) mass is 451 g/mol. The molecule has 0 aliphatic heterocycles. The van der Waals surface area contributed by atoms with E-state index in [1.54, 1.807) is 0 Å². The van der Waals surface area contributed by atoms with Crippen LogP contribution in [-0.4, -0.2) is 15.7 Å². The molecule has 3 rings (SSSR count). The smallest absolute Gasteiger partial charge is 0.227 e. The Kier molecular flexibility index (Phi) is 7.45. The van der Waals surface area contributed by atoms with Crippen LogP contribution in [0.25, 0.3) is 5.69 Å². The number of carbonyl (C=O) groups excluding carboxylic acids is 1. The Morgan fingerprint density at radius 3 is 2.34 bits per heavy atom. The van der Waals surface area contributed by atoms with Gasteiger partial charge in [0, 0.05) is 10.4 Å². The molecule has 0 aliphatic rings. The van der Waals surface area contributed by atoms with Gasteiger partial charge in [0.1, 0.15) is 0 Å². The van der Waals surface area contributed by atoms with E-state index >= 15 is 0 Å². The van der Waals surface area contributed by atoms with Gasteiger partial charge in [-0.2, -0.15) is 5.10 Å². The zero-order chi connectivity index (χ0) is 23.5. The molecule has 0 radical (unpaired) electrons. The number of aromatic nitrogens is 2. The molecule has 170 valence electrons. The van der Waals surface area contributed by atoms with Crippen LogP contribution in [0.3, 0.4) is 0 Å². The van der Waals surface area contributed by atoms with Gasteiger partial charge < -0.3 is 5.32 Å². The highest BCUT2D eigenvalue weighted by Gasteiger charge is 2.22. The van der Waals surface area contributed by atoms with Gasteiger partial charge in [-0.05, 0) is 54.7 Å². The highest BCUT2D eigenvalue weighted by Crippen LogP contribution is 2.25. The molecule has 1 aromatic heterocycles. The van der Waals surface area contributed by atoms with E-state index in [9.17, 15) is 4.79 Å². The second kappa shape index (κ2) is 9.91. The number of hydrogen-bond acceptors (Lipinski definition) is 2. The second-order valence-corrected chi connectivity index (χ2v) is 10.4. The van der Waals surface area contributed by atoms with Gasteiger partial charge in [0.25, 0.3) is 0 Å². The van der Waals surface area contributed by atoms with Crippen molar-refractivity contribution in [2.45, 2.75) is 65.8 Å². The van der Waals surface area contributed by atoms with Crippen molar-refractivity contribution < 1.29 is 4.79 Å². The van der Waals surface area contributed by atoms with Crippen molar-refractivity contribution >= 4 is 17.5 Å². The SMILES string of the molecule is CC(C)Cc1ccc(C(C)C(=O)NCc2cc(C(C)(C)C)nn2-c2cccc(Cl)c2)cc1. The number of hydrogen-bond donors (Lipinski definition) is 1. The van der Waals surface area contributed by atoms with E-state index in [-0.39, 0.29) is 17.2 Å². The van der Waals surface area contributed by atoms with Crippen molar-refractivity contribution in [2.75, 3.05) is 0 Å². The van der Waals surface area contributed by atoms with Crippen LogP contribution in [0.1, 0.15) is 70.0 Å². The van der Waals surface area contributed by atoms with E-state index in [1.165, 1.54) is 5.56 Å². The Balaban J connectivity index is 1.76. The average molecular weight is 452 g/mol. The van der Waals surface area contributed by atoms with Crippen molar-refractivity contribution in [2.24, 2.45) is 5.92 Å². The molecular formula is C27H34ClN3O. The van der Waals surface area contributed by atoms with Gasteiger partial charge in [0.2, 0.25) is 5.91 Å². The molecule has 0 saturated heterocycles. The van der Waals surface area contributed by atoms with Crippen LogP contribution in [-0.2, 0) is 23.2 Å². The van der Waals surface area contributed by atoms with Crippen LogP contribution < -0.4 is 5.32 Å². The molecule has 0 spiro atoms. The zero-order valence-corrected chi connectivity index (χ0v) is 20.7. The summed E-state index contributed by atoms with van der Waals surface area (Å²) in [5.41, 5.74) is 4.99. The lowest BCUT2D eigenvalue weighted by Gasteiger charge is -2.14. The van der Waals surface area contributed by atoms with E-state index in [4.69, 9.17) is 16.7 Å². The van der Waals surface area contributed by atoms with Gasteiger partial charge in [-0.3, -0.25) is 4.79 Å². The Hall–Kier alpha value is -2.59. The summed E-state index contributed by atoms with van der Waals surface area (Å²) in [4.78, 5) is 12.9. The molecule has 1 unspecified atom stereocenters. The van der Waals surface area contributed by atoms with E-state index in [2.05, 4.69) is 70.3 Å². The standard InChI is InChI=1S/C27H34ClN3O/c1-18(2)14-20-10-12-21(13-11-20)19(3)26(32)29-17-24-16-25(27(4,5)6)30-31(24)23-9-7-8-22(28)15-23/h7-13,15-16,18-19H,14,17H2,1-6H3,(H,29,32). The summed E-state index contributed by atoms with van der Waals surface area (Å²) in [5, 5.41) is 8.57. The number of amides is 1. The quantitative estimate of drug-likeness (QED) is 0.449. The fourth-order valence-electron chi connectivity index (χ4n) is 3.64. The first kappa shape index (κ1) is 24.1. The molecule has 2 aromatic carbocycles. The summed E-state index contributed by atoms with van der Waals surface area (Å²) in [7, 11) is 0. The fourth-order valence-corrected chi connectivity index (χ4v) is 3.82. The molecule has 3 aromatic rings. The minimum Gasteiger partial charge on any atom is -0.350 e. The molecule has 4 nitrogen and oxygen atoms in total. The Bertz CT molecular complexity index is 1060. The van der Waals surface area contributed by atoms with Crippen LogP contribution >= 0.6 is 11.6 Å². The van der Waals surface area contributed by atoms with Crippen molar-refractivity contribution in [3.05, 3.63) is 82.1 Å². The van der Waals surface area contributed by atoms with Crippen LogP contribution in [0.4, 0.5) is 0 Å². The lowest BCUT2D eigenvalue weighted by Crippen LogP contribution is -2.28. The maximum Gasteiger partial charge on any atom is 0.227 e.